The van der Waals surface area contributed by atoms with Crippen LogP contribution in [0.25, 0.3) is 10.2 Å². The minimum atomic E-state index is -0.145. The molecule has 1 aliphatic heterocycles. The predicted molar refractivity (Wildman–Crippen MR) is 133 cm³/mol. The summed E-state index contributed by atoms with van der Waals surface area (Å²) in [7, 11) is 0. The highest BCUT2D eigenvalue weighted by Gasteiger charge is 2.29. The summed E-state index contributed by atoms with van der Waals surface area (Å²) in [4.78, 5) is 45.1. The lowest BCUT2D eigenvalue weighted by molar-refractivity contribution is -0.139. The average Bonchev–Trinajstić information content (AvgIpc) is 3.43. The second kappa shape index (κ2) is 9.57. The number of benzene rings is 3. The molecule has 1 fully saturated rings. The van der Waals surface area contributed by atoms with Crippen molar-refractivity contribution in [2.24, 2.45) is 0 Å². The Morgan fingerprint density at radius 1 is 0.853 bits per heavy atom. The number of nitrogens with zero attached hydrogens (tertiary/aromatic N) is 3. The molecule has 170 valence electrons. The lowest BCUT2D eigenvalue weighted by Crippen LogP contribution is -2.33. The van der Waals surface area contributed by atoms with Gasteiger partial charge in [-0.1, -0.05) is 65.9 Å². The van der Waals surface area contributed by atoms with E-state index in [1.165, 1.54) is 16.2 Å². The smallest absolute Gasteiger partial charge is 0.260 e. The van der Waals surface area contributed by atoms with Crippen molar-refractivity contribution in [1.82, 2.24) is 9.88 Å². The largest absolute Gasteiger partial charge is 0.284 e. The molecule has 0 saturated carbocycles. The molecule has 1 saturated heterocycles. The van der Waals surface area contributed by atoms with Crippen molar-refractivity contribution >= 4 is 44.4 Å². The van der Waals surface area contributed by atoms with Gasteiger partial charge in [-0.2, -0.15) is 0 Å². The van der Waals surface area contributed by atoms with Crippen molar-refractivity contribution in [3.8, 4) is 0 Å². The Balaban J connectivity index is 1.39. The van der Waals surface area contributed by atoms with E-state index in [1.807, 2.05) is 42.5 Å². The molecule has 4 aromatic rings. The van der Waals surface area contributed by atoms with E-state index in [0.29, 0.717) is 23.7 Å². The summed E-state index contributed by atoms with van der Waals surface area (Å²) in [5.41, 5.74) is 3.37. The van der Waals surface area contributed by atoms with Crippen LogP contribution in [-0.4, -0.2) is 34.2 Å². The van der Waals surface area contributed by atoms with Gasteiger partial charge in [0, 0.05) is 24.9 Å². The number of amides is 3. The number of anilines is 1. The molecule has 6 nitrogen and oxygen atoms in total. The van der Waals surface area contributed by atoms with Crippen molar-refractivity contribution < 1.29 is 14.4 Å². The second-order valence-electron chi connectivity index (χ2n) is 8.23. The van der Waals surface area contributed by atoms with Crippen LogP contribution in [0, 0.1) is 0 Å². The van der Waals surface area contributed by atoms with E-state index in [4.69, 9.17) is 4.98 Å². The molecule has 3 amide bonds. The van der Waals surface area contributed by atoms with Crippen LogP contribution in [-0.2, 0) is 22.6 Å². The zero-order chi connectivity index (χ0) is 23.5. The first kappa shape index (κ1) is 22.0. The number of imide groups is 1. The van der Waals surface area contributed by atoms with E-state index in [9.17, 15) is 14.4 Å². The molecule has 0 N–H and O–H groups in total. The number of carbonyl (C=O) groups excluding carboxylic acids is 3. The molecule has 0 bridgehead atoms. The van der Waals surface area contributed by atoms with Crippen molar-refractivity contribution in [3.63, 3.8) is 0 Å². The first-order chi connectivity index (χ1) is 16.6. The van der Waals surface area contributed by atoms with Crippen LogP contribution in [0.2, 0.25) is 0 Å². The Bertz CT molecular complexity index is 1300. The number of aromatic nitrogens is 1. The van der Waals surface area contributed by atoms with Gasteiger partial charge in [0.25, 0.3) is 5.91 Å². The van der Waals surface area contributed by atoms with Gasteiger partial charge in [0.1, 0.15) is 0 Å². The maximum Gasteiger partial charge on any atom is 0.260 e. The Kier molecular flexibility index (Phi) is 6.18. The van der Waals surface area contributed by atoms with Crippen molar-refractivity contribution in [3.05, 3.63) is 95.6 Å². The van der Waals surface area contributed by atoms with E-state index >= 15 is 0 Å². The number of thiazole rings is 1. The summed E-state index contributed by atoms with van der Waals surface area (Å²) in [6.07, 6.45) is 1.25. The first-order valence-electron chi connectivity index (χ1n) is 11.2. The van der Waals surface area contributed by atoms with E-state index in [1.54, 1.807) is 29.2 Å². The van der Waals surface area contributed by atoms with Crippen molar-refractivity contribution in [2.75, 3.05) is 11.4 Å². The highest BCUT2D eigenvalue weighted by atomic mass is 32.1. The Morgan fingerprint density at radius 3 is 2.24 bits per heavy atom. The maximum absolute atomic E-state index is 13.6. The minimum absolute atomic E-state index is 0.130. The van der Waals surface area contributed by atoms with E-state index in [2.05, 4.69) is 12.1 Å². The van der Waals surface area contributed by atoms with Crippen LogP contribution in [0.5, 0.6) is 0 Å². The molecular formula is C27H23N3O3S. The molecule has 0 atom stereocenters. The monoisotopic (exact) mass is 469 g/mol. The lowest BCUT2D eigenvalue weighted by Gasteiger charge is -2.20. The highest BCUT2D eigenvalue weighted by molar-refractivity contribution is 7.22. The Labute approximate surface area is 201 Å². The lowest BCUT2D eigenvalue weighted by atomic mass is 10.1. The van der Waals surface area contributed by atoms with E-state index in [-0.39, 0.29) is 37.1 Å². The predicted octanol–water partition coefficient (Wildman–Crippen LogP) is 4.83. The van der Waals surface area contributed by atoms with Crippen LogP contribution < -0.4 is 4.90 Å². The van der Waals surface area contributed by atoms with Gasteiger partial charge in [-0.05, 0) is 41.8 Å². The molecule has 0 unspecified atom stereocenters. The fourth-order valence-corrected chi connectivity index (χ4v) is 5.03. The second-order valence-corrected chi connectivity index (χ2v) is 9.24. The number of carbonyl (C=O) groups is 3. The fourth-order valence-electron chi connectivity index (χ4n) is 4.04. The van der Waals surface area contributed by atoms with Gasteiger partial charge in [-0.15, -0.1) is 0 Å². The Hall–Kier alpha value is -3.84. The first-order valence-corrected chi connectivity index (χ1v) is 12.0. The summed E-state index contributed by atoms with van der Waals surface area (Å²) in [6, 6.07) is 25.1. The summed E-state index contributed by atoms with van der Waals surface area (Å²) in [6.45, 7) is 0.739. The zero-order valence-electron chi connectivity index (χ0n) is 18.5. The summed E-state index contributed by atoms with van der Waals surface area (Å²) < 4.78 is 1.03. The number of fused-ring (bicyclic) bond motifs is 1. The fraction of sp³-hybridized carbons (Fsp3) is 0.185. The average molecular weight is 470 g/mol. The summed E-state index contributed by atoms with van der Waals surface area (Å²) in [5.74, 6) is -0.420. The van der Waals surface area contributed by atoms with Gasteiger partial charge < -0.3 is 0 Å². The molecule has 7 heteroatoms. The SMILES string of the molecule is O=C1CCC(=O)N1Cc1ccc(C(=O)N(CCc2ccccc2)c2nc3ccccc3s2)cc1. The molecule has 1 aromatic heterocycles. The van der Waals surface area contributed by atoms with Gasteiger partial charge in [0.15, 0.2) is 5.13 Å². The number of likely N-dealkylation sites (tertiary alicyclic amines) is 1. The molecule has 0 aliphatic carbocycles. The van der Waals surface area contributed by atoms with Gasteiger partial charge in [0.05, 0.1) is 16.8 Å². The highest BCUT2D eigenvalue weighted by Crippen LogP contribution is 2.30. The molecule has 5 rings (SSSR count). The van der Waals surface area contributed by atoms with Gasteiger partial charge in [0.2, 0.25) is 11.8 Å². The molecule has 0 radical (unpaired) electrons. The van der Waals surface area contributed by atoms with E-state index in [0.717, 1.165) is 21.3 Å². The number of hydrogen-bond acceptors (Lipinski definition) is 5. The third kappa shape index (κ3) is 4.61. The number of hydrogen-bond donors (Lipinski definition) is 0. The minimum Gasteiger partial charge on any atom is -0.284 e. The molecule has 3 aromatic carbocycles. The zero-order valence-corrected chi connectivity index (χ0v) is 19.3. The van der Waals surface area contributed by atoms with Crippen LogP contribution in [0.15, 0.2) is 78.9 Å². The topological polar surface area (TPSA) is 70.6 Å². The quantitative estimate of drug-likeness (QED) is 0.363. The standard InChI is InChI=1S/C27H23N3O3S/c31-24-14-15-25(32)30(24)18-20-10-12-21(13-11-20)26(33)29(17-16-19-6-2-1-3-7-19)27-28-22-8-4-5-9-23(22)34-27/h1-13H,14-18H2. The van der Waals surface area contributed by atoms with Crippen LogP contribution in [0.4, 0.5) is 5.13 Å². The maximum atomic E-state index is 13.6. The third-order valence-electron chi connectivity index (χ3n) is 5.92. The van der Waals surface area contributed by atoms with Crippen LogP contribution >= 0.6 is 11.3 Å². The molecular weight excluding hydrogens is 446 g/mol. The molecule has 0 spiro atoms. The van der Waals surface area contributed by atoms with E-state index < -0.39 is 0 Å². The molecule has 2 heterocycles. The molecule has 34 heavy (non-hydrogen) atoms. The van der Waals surface area contributed by atoms with Crippen LogP contribution in [0.3, 0.4) is 0 Å². The van der Waals surface area contributed by atoms with Gasteiger partial charge >= 0.3 is 0 Å². The van der Waals surface area contributed by atoms with Crippen molar-refractivity contribution in [1.29, 1.82) is 0 Å². The number of para-hydroxylation sites is 1. The normalized spacial score (nSPS) is 13.6. The van der Waals surface area contributed by atoms with Crippen LogP contribution in [0.1, 0.15) is 34.3 Å². The number of rotatable bonds is 7. The van der Waals surface area contributed by atoms with Crippen molar-refractivity contribution in [2.45, 2.75) is 25.8 Å². The van der Waals surface area contributed by atoms with Gasteiger partial charge in [-0.25, -0.2) is 4.98 Å². The third-order valence-corrected chi connectivity index (χ3v) is 6.98. The Morgan fingerprint density at radius 2 is 1.53 bits per heavy atom. The summed E-state index contributed by atoms with van der Waals surface area (Å²) in [5, 5.41) is 0.666. The molecule has 1 aliphatic rings. The summed E-state index contributed by atoms with van der Waals surface area (Å²) >= 11 is 1.50. The van der Waals surface area contributed by atoms with Gasteiger partial charge in [-0.3, -0.25) is 24.2 Å².